The van der Waals surface area contributed by atoms with Gasteiger partial charge in [0.15, 0.2) is 0 Å². The van der Waals surface area contributed by atoms with Crippen LogP contribution in [-0.4, -0.2) is 45.0 Å². The molecule has 6 nitrogen and oxygen atoms in total. The molecule has 0 amide bonds. The SMILES string of the molecule is CC(C)(Cc1ccc(Br)cc1)C(O)(Cn1cncn1)C1COCO1. The molecule has 0 spiro atoms. The van der Waals surface area contributed by atoms with Crippen LogP contribution in [0.25, 0.3) is 0 Å². The van der Waals surface area contributed by atoms with Crippen molar-refractivity contribution >= 4 is 15.9 Å². The van der Waals surface area contributed by atoms with E-state index in [0.717, 1.165) is 10.0 Å². The van der Waals surface area contributed by atoms with Crippen LogP contribution in [0.2, 0.25) is 0 Å². The van der Waals surface area contributed by atoms with Gasteiger partial charge in [0.05, 0.1) is 13.2 Å². The van der Waals surface area contributed by atoms with E-state index in [4.69, 9.17) is 9.47 Å². The minimum atomic E-state index is -1.15. The summed E-state index contributed by atoms with van der Waals surface area (Å²) in [6.07, 6.45) is 3.36. The van der Waals surface area contributed by atoms with Crippen LogP contribution in [0, 0.1) is 5.41 Å². The van der Waals surface area contributed by atoms with Crippen LogP contribution in [0.1, 0.15) is 19.4 Å². The third-order valence-electron chi connectivity index (χ3n) is 4.76. The summed E-state index contributed by atoms with van der Waals surface area (Å²) in [4.78, 5) is 3.97. The average Bonchev–Trinajstić information content (AvgIpc) is 3.22. The Morgan fingerprint density at radius 3 is 2.67 bits per heavy atom. The molecule has 1 aliphatic heterocycles. The second kappa shape index (κ2) is 6.92. The van der Waals surface area contributed by atoms with E-state index in [1.165, 1.54) is 6.33 Å². The van der Waals surface area contributed by atoms with Crippen LogP contribution >= 0.6 is 15.9 Å². The smallest absolute Gasteiger partial charge is 0.147 e. The van der Waals surface area contributed by atoms with Gasteiger partial charge in [0.1, 0.15) is 31.2 Å². The molecule has 1 aromatic carbocycles. The first-order valence-electron chi connectivity index (χ1n) is 7.89. The topological polar surface area (TPSA) is 69.4 Å². The Labute approximate surface area is 149 Å². The van der Waals surface area contributed by atoms with E-state index >= 15 is 0 Å². The molecule has 1 aliphatic rings. The van der Waals surface area contributed by atoms with E-state index in [-0.39, 0.29) is 6.79 Å². The van der Waals surface area contributed by atoms with E-state index < -0.39 is 17.1 Å². The van der Waals surface area contributed by atoms with Gasteiger partial charge < -0.3 is 14.6 Å². The molecule has 7 heteroatoms. The van der Waals surface area contributed by atoms with Gasteiger partial charge in [0.25, 0.3) is 0 Å². The highest BCUT2D eigenvalue weighted by Gasteiger charge is 2.52. The molecule has 3 rings (SSSR count). The molecule has 1 saturated heterocycles. The van der Waals surface area contributed by atoms with E-state index in [1.54, 1.807) is 11.0 Å². The average molecular weight is 396 g/mol. The van der Waals surface area contributed by atoms with Crippen LogP contribution in [-0.2, 0) is 22.4 Å². The van der Waals surface area contributed by atoms with Crippen molar-refractivity contribution < 1.29 is 14.6 Å². The molecule has 24 heavy (non-hydrogen) atoms. The largest absolute Gasteiger partial charge is 0.385 e. The molecule has 0 aliphatic carbocycles. The second-order valence-corrected chi connectivity index (χ2v) is 7.76. The number of aliphatic hydroxyl groups is 1. The summed E-state index contributed by atoms with van der Waals surface area (Å²) in [5.41, 5.74) is -0.464. The first-order chi connectivity index (χ1) is 11.4. The Morgan fingerprint density at radius 2 is 2.08 bits per heavy atom. The molecule has 1 aromatic heterocycles. The number of halogens is 1. The lowest BCUT2D eigenvalue weighted by Gasteiger charge is -2.45. The van der Waals surface area contributed by atoms with Gasteiger partial charge in [0.2, 0.25) is 0 Å². The van der Waals surface area contributed by atoms with Crippen LogP contribution in [0.4, 0.5) is 0 Å². The summed E-state index contributed by atoms with van der Waals surface area (Å²) in [6.45, 7) is 4.97. The van der Waals surface area contributed by atoms with Crippen molar-refractivity contribution in [2.45, 2.75) is 38.5 Å². The van der Waals surface area contributed by atoms with E-state index in [2.05, 4.69) is 38.1 Å². The minimum absolute atomic E-state index is 0.207. The van der Waals surface area contributed by atoms with Gasteiger partial charge >= 0.3 is 0 Å². The number of rotatable bonds is 6. The molecule has 0 bridgehead atoms. The number of hydrogen-bond acceptors (Lipinski definition) is 5. The van der Waals surface area contributed by atoms with Gasteiger partial charge in [0, 0.05) is 9.89 Å². The first kappa shape index (κ1) is 17.5. The van der Waals surface area contributed by atoms with Gasteiger partial charge in [-0.15, -0.1) is 0 Å². The molecule has 2 atom stereocenters. The van der Waals surface area contributed by atoms with Crippen molar-refractivity contribution in [3.8, 4) is 0 Å². The highest BCUT2D eigenvalue weighted by Crippen LogP contribution is 2.40. The zero-order chi connectivity index (χ0) is 17.2. The van der Waals surface area contributed by atoms with Gasteiger partial charge in [-0.3, -0.25) is 0 Å². The lowest BCUT2D eigenvalue weighted by atomic mass is 9.68. The van der Waals surface area contributed by atoms with Gasteiger partial charge in [-0.2, -0.15) is 5.10 Å². The van der Waals surface area contributed by atoms with Gasteiger partial charge in [-0.1, -0.05) is 41.9 Å². The maximum absolute atomic E-state index is 11.6. The van der Waals surface area contributed by atoms with E-state index in [9.17, 15) is 5.11 Å². The highest BCUT2D eigenvalue weighted by molar-refractivity contribution is 9.10. The van der Waals surface area contributed by atoms with E-state index in [1.807, 2.05) is 26.0 Å². The normalized spacial score (nSPS) is 20.9. The third-order valence-corrected chi connectivity index (χ3v) is 5.28. The third kappa shape index (κ3) is 3.54. The second-order valence-electron chi connectivity index (χ2n) is 6.85. The van der Waals surface area contributed by atoms with Crippen LogP contribution in [0.5, 0.6) is 0 Å². The summed E-state index contributed by atoms with van der Waals surface area (Å²) >= 11 is 3.45. The molecule has 2 unspecified atom stereocenters. The van der Waals surface area contributed by atoms with Crippen LogP contribution in [0.3, 0.4) is 0 Å². The quantitative estimate of drug-likeness (QED) is 0.812. The number of ether oxygens (including phenoxy) is 2. The van der Waals surface area contributed by atoms with Crippen molar-refractivity contribution in [3.05, 3.63) is 47.0 Å². The highest BCUT2D eigenvalue weighted by atomic mass is 79.9. The Balaban J connectivity index is 1.88. The lowest BCUT2D eigenvalue weighted by Crippen LogP contribution is -2.58. The summed E-state index contributed by atoms with van der Waals surface area (Å²) in [7, 11) is 0. The number of aromatic nitrogens is 3. The maximum Gasteiger partial charge on any atom is 0.147 e. The van der Waals surface area contributed by atoms with Gasteiger partial charge in [-0.05, 0) is 24.1 Å². The number of hydrogen-bond donors (Lipinski definition) is 1. The predicted octanol–water partition coefficient (Wildman–Crippen LogP) is 2.41. The van der Waals surface area contributed by atoms with Crippen LogP contribution < -0.4 is 0 Å². The summed E-state index contributed by atoms with van der Waals surface area (Å²) in [5.74, 6) is 0. The predicted molar refractivity (Wildman–Crippen MR) is 92.3 cm³/mol. The molecule has 0 radical (unpaired) electrons. The molecule has 1 N–H and O–H groups in total. The molecule has 2 heterocycles. The standard InChI is InChI=1S/C17H22BrN3O3/c1-16(2,7-13-3-5-14(18)6-4-13)17(22,15-8-23-12-24-15)9-21-11-19-10-20-21/h3-6,10-11,15,22H,7-9,12H2,1-2H3. The summed E-state index contributed by atoms with van der Waals surface area (Å²) < 4.78 is 13.7. The van der Waals surface area contributed by atoms with Crippen molar-refractivity contribution in [2.24, 2.45) is 5.41 Å². The fourth-order valence-electron chi connectivity index (χ4n) is 3.19. The molecule has 2 aromatic rings. The minimum Gasteiger partial charge on any atom is -0.385 e. The zero-order valence-corrected chi connectivity index (χ0v) is 15.4. The Bertz CT molecular complexity index is 654. The molecular formula is C17H22BrN3O3. The van der Waals surface area contributed by atoms with Crippen molar-refractivity contribution in [1.29, 1.82) is 0 Å². The van der Waals surface area contributed by atoms with E-state index in [0.29, 0.717) is 19.6 Å². The summed E-state index contributed by atoms with van der Waals surface area (Å²) in [5, 5.41) is 15.8. The van der Waals surface area contributed by atoms with Crippen molar-refractivity contribution in [2.75, 3.05) is 13.4 Å². The Morgan fingerprint density at radius 1 is 1.33 bits per heavy atom. The molecule has 1 fully saturated rings. The Kier molecular flexibility index (Phi) is 5.05. The van der Waals surface area contributed by atoms with Crippen molar-refractivity contribution in [3.63, 3.8) is 0 Å². The first-order valence-corrected chi connectivity index (χ1v) is 8.69. The van der Waals surface area contributed by atoms with Gasteiger partial charge in [-0.25, -0.2) is 9.67 Å². The molecule has 0 saturated carbocycles. The number of nitrogens with zero attached hydrogens (tertiary/aromatic N) is 3. The Hall–Kier alpha value is -1.28. The fourth-order valence-corrected chi connectivity index (χ4v) is 3.45. The van der Waals surface area contributed by atoms with Crippen LogP contribution in [0.15, 0.2) is 41.4 Å². The fraction of sp³-hybridized carbons (Fsp3) is 0.529. The van der Waals surface area contributed by atoms with Crippen molar-refractivity contribution in [1.82, 2.24) is 14.8 Å². The monoisotopic (exact) mass is 395 g/mol. The molecule has 130 valence electrons. The lowest BCUT2D eigenvalue weighted by molar-refractivity contribution is -0.160. The number of benzene rings is 1. The maximum atomic E-state index is 11.6. The molecular weight excluding hydrogens is 374 g/mol. The summed E-state index contributed by atoms with van der Waals surface area (Å²) in [6, 6.07) is 8.15. The zero-order valence-electron chi connectivity index (χ0n) is 13.9.